The smallest absolute Gasteiger partial charge is 0.223 e. The maximum absolute atomic E-state index is 11.7. The molecule has 1 unspecified atom stereocenters. The second-order valence-electron chi connectivity index (χ2n) is 8.18. The fraction of sp³-hybridized carbons (Fsp3) is 0.667. The number of anilines is 2. The van der Waals surface area contributed by atoms with Gasteiger partial charge in [-0.3, -0.25) is 0 Å². The summed E-state index contributed by atoms with van der Waals surface area (Å²) in [6.45, 7) is 2.80. The number of nitrogens with one attached hydrogen (secondary N) is 2. The van der Waals surface area contributed by atoms with E-state index < -0.39 is 15.6 Å². The maximum Gasteiger partial charge on any atom is 0.223 e. The summed E-state index contributed by atoms with van der Waals surface area (Å²) in [5.74, 6) is 1.05. The summed E-state index contributed by atoms with van der Waals surface area (Å²) in [4.78, 5) is 17.5. The van der Waals surface area contributed by atoms with Crippen LogP contribution in [0.1, 0.15) is 39.0 Å². The van der Waals surface area contributed by atoms with Crippen molar-refractivity contribution in [3.8, 4) is 0 Å². The number of aliphatic hydroxyl groups is 1. The van der Waals surface area contributed by atoms with Gasteiger partial charge >= 0.3 is 0 Å². The summed E-state index contributed by atoms with van der Waals surface area (Å²) in [7, 11) is -3.15. The molecule has 10 nitrogen and oxygen atoms in total. The van der Waals surface area contributed by atoms with E-state index in [0.29, 0.717) is 48.7 Å². The second-order valence-corrected chi connectivity index (χ2v) is 10.2. The number of piperidine rings is 1. The van der Waals surface area contributed by atoms with E-state index in [-0.39, 0.29) is 12.1 Å². The molecule has 4 rings (SSSR count). The quantitative estimate of drug-likeness (QED) is 0.646. The number of aromatic nitrogens is 4. The summed E-state index contributed by atoms with van der Waals surface area (Å²) >= 11 is 0. The molecule has 2 atom stereocenters. The first kappa shape index (κ1) is 20.2. The Morgan fingerprint density at radius 3 is 2.59 bits per heavy atom. The van der Waals surface area contributed by atoms with Gasteiger partial charge in [0, 0.05) is 19.1 Å². The lowest BCUT2D eigenvalue weighted by Gasteiger charge is -2.30. The molecule has 11 heteroatoms. The minimum absolute atomic E-state index is 0.0905. The summed E-state index contributed by atoms with van der Waals surface area (Å²) in [5, 5.41) is 17.2. The van der Waals surface area contributed by atoms with E-state index >= 15 is 0 Å². The predicted octanol–water partition coefficient (Wildman–Crippen LogP) is 0.971. The summed E-state index contributed by atoms with van der Waals surface area (Å²) < 4.78 is 24.8. The molecule has 0 bridgehead atoms. The number of hydrogen-bond acceptors (Lipinski definition) is 9. The van der Waals surface area contributed by atoms with Crippen LogP contribution in [0.3, 0.4) is 0 Å². The van der Waals surface area contributed by atoms with E-state index in [1.165, 1.54) is 16.9 Å². The molecule has 0 spiro atoms. The van der Waals surface area contributed by atoms with E-state index in [2.05, 4.69) is 30.6 Å². The van der Waals surface area contributed by atoms with Gasteiger partial charge in [-0.1, -0.05) is 0 Å². The van der Waals surface area contributed by atoms with Gasteiger partial charge in [0.25, 0.3) is 0 Å². The highest BCUT2D eigenvalue weighted by Gasteiger charge is 2.37. The Kier molecular flexibility index (Phi) is 5.30. The SMILES string of the molecule is C[C@@]1(O)CCCC1Nc1ncnc2cnc(NC3CCN(S(C)(=O)=O)CC3)nc12. The Balaban J connectivity index is 1.50. The first-order valence-electron chi connectivity index (χ1n) is 9.91. The minimum Gasteiger partial charge on any atom is -0.388 e. The van der Waals surface area contributed by atoms with Crippen molar-refractivity contribution in [3.63, 3.8) is 0 Å². The fourth-order valence-corrected chi connectivity index (χ4v) is 4.96. The monoisotopic (exact) mass is 421 g/mol. The number of fused-ring (bicyclic) bond motifs is 1. The molecule has 2 aliphatic rings. The van der Waals surface area contributed by atoms with Crippen LogP contribution in [0.25, 0.3) is 11.0 Å². The lowest BCUT2D eigenvalue weighted by atomic mass is 10.0. The van der Waals surface area contributed by atoms with Crippen molar-refractivity contribution >= 4 is 32.8 Å². The van der Waals surface area contributed by atoms with Crippen LogP contribution in [-0.2, 0) is 10.0 Å². The van der Waals surface area contributed by atoms with Crippen molar-refractivity contribution in [2.45, 2.75) is 56.7 Å². The third kappa shape index (κ3) is 4.41. The standard InChI is InChI=1S/C18H27N7O3S/c1-18(26)7-3-4-14(18)23-16-15-13(20-11-21-16)10-19-17(24-15)22-12-5-8-25(9-6-12)29(2,27)28/h10-12,14,26H,3-9H2,1-2H3,(H,19,22,24)(H,20,21,23)/t14?,18-/m1/s1. The first-order chi connectivity index (χ1) is 13.7. The molecule has 2 fully saturated rings. The van der Waals surface area contributed by atoms with Crippen LogP contribution in [0, 0.1) is 0 Å². The van der Waals surface area contributed by atoms with Gasteiger partial charge in [0.2, 0.25) is 16.0 Å². The Morgan fingerprint density at radius 2 is 1.93 bits per heavy atom. The highest BCUT2D eigenvalue weighted by atomic mass is 32.2. The van der Waals surface area contributed by atoms with Gasteiger partial charge in [-0.25, -0.2) is 32.7 Å². The van der Waals surface area contributed by atoms with Crippen LogP contribution in [0.5, 0.6) is 0 Å². The molecule has 0 amide bonds. The van der Waals surface area contributed by atoms with Gasteiger partial charge in [-0.2, -0.15) is 0 Å². The topological polar surface area (TPSA) is 133 Å². The maximum atomic E-state index is 11.7. The number of sulfonamides is 1. The molecule has 158 valence electrons. The van der Waals surface area contributed by atoms with Crippen LogP contribution in [0.4, 0.5) is 11.8 Å². The normalized spacial score (nSPS) is 26.7. The third-order valence-corrected chi connectivity index (χ3v) is 7.17. The first-order valence-corrected chi connectivity index (χ1v) is 11.8. The van der Waals surface area contributed by atoms with Crippen LogP contribution in [-0.4, -0.2) is 74.8 Å². The van der Waals surface area contributed by atoms with Gasteiger partial charge in [-0.05, 0) is 39.0 Å². The van der Waals surface area contributed by atoms with Crippen LogP contribution < -0.4 is 10.6 Å². The Hall–Kier alpha value is -2.11. The minimum atomic E-state index is -3.15. The van der Waals surface area contributed by atoms with Crippen molar-refractivity contribution in [1.29, 1.82) is 0 Å². The van der Waals surface area contributed by atoms with Crippen LogP contribution in [0.15, 0.2) is 12.5 Å². The molecule has 2 aromatic heterocycles. The number of nitrogens with zero attached hydrogens (tertiary/aromatic N) is 5. The highest BCUT2D eigenvalue weighted by molar-refractivity contribution is 7.88. The van der Waals surface area contributed by atoms with E-state index in [1.54, 1.807) is 6.20 Å². The summed E-state index contributed by atoms with van der Waals surface area (Å²) in [6, 6.07) is 0.00866. The fourth-order valence-electron chi connectivity index (χ4n) is 4.09. The Morgan fingerprint density at radius 1 is 1.17 bits per heavy atom. The highest BCUT2D eigenvalue weighted by Crippen LogP contribution is 2.32. The van der Waals surface area contributed by atoms with Gasteiger partial charge in [0.05, 0.1) is 24.1 Å². The molecule has 1 aliphatic heterocycles. The van der Waals surface area contributed by atoms with Crippen molar-refractivity contribution in [2.24, 2.45) is 0 Å². The lowest BCUT2D eigenvalue weighted by Crippen LogP contribution is -2.42. The molecule has 0 aromatic carbocycles. The molecule has 1 saturated heterocycles. The second kappa shape index (κ2) is 7.62. The van der Waals surface area contributed by atoms with Crippen molar-refractivity contribution in [2.75, 3.05) is 30.0 Å². The predicted molar refractivity (Wildman–Crippen MR) is 110 cm³/mol. The van der Waals surface area contributed by atoms with Gasteiger partial charge in [-0.15, -0.1) is 0 Å². The lowest BCUT2D eigenvalue weighted by molar-refractivity contribution is 0.0578. The third-order valence-electron chi connectivity index (χ3n) is 5.87. The molecule has 1 saturated carbocycles. The largest absolute Gasteiger partial charge is 0.388 e. The molecular formula is C18H27N7O3S. The van der Waals surface area contributed by atoms with E-state index in [9.17, 15) is 13.5 Å². The van der Waals surface area contributed by atoms with Gasteiger partial charge in [0.1, 0.15) is 17.4 Å². The Labute approximate surface area is 170 Å². The zero-order chi connectivity index (χ0) is 20.6. The van der Waals surface area contributed by atoms with E-state index in [4.69, 9.17) is 0 Å². The summed E-state index contributed by atoms with van der Waals surface area (Å²) in [5.41, 5.74) is 0.442. The van der Waals surface area contributed by atoms with Crippen molar-refractivity contribution in [1.82, 2.24) is 24.2 Å². The molecule has 3 N–H and O–H groups in total. The zero-order valence-corrected chi connectivity index (χ0v) is 17.5. The van der Waals surface area contributed by atoms with E-state index in [0.717, 1.165) is 19.3 Å². The molecular weight excluding hydrogens is 394 g/mol. The molecule has 2 aromatic rings. The average molecular weight is 422 g/mol. The summed E-state index contributed by atoms with van der Waals surface area (Å²) in [6.07, 6.45) is 8.31. The van der Waals surface area contributed by atoms with Crippen molar-refractivity contribution in [3.05, 3.63) is 12.5 Å². The number of rotatable bonds is 5. The van der Waals surface area contributed by atoms with Crippen molar-refractivity contribution < 1.29 is 13.5 Å². The zero-order valence-electron chi connectivity index (χ0n) is 16.7. The van der Waals surface area contributed by atoms with E-state index in [1.807, 2.05) is 6.92 Å². The van der Waals surface area contributed by atoms with Gasteiger partial charge < -0.3 is 15.7 Å². The number of hydrogen-bond donors (Lipinski definition) is 3. The Bertz CT molecular complexity index is 990. The molecule has 29 heavy (non-hydrogen) atoms. The average Bonchev–Trinajstić information content (AvgIpc) is 3.00. The van der Waals surface area contributed by atoms with Gasteiger partial charge in [0.15, 0.2) is 5.82 Å². The van der Waals surface area contributed by atoms with Crippen LogP contribution >= 0.6 is 0 Å². The molecule has 1 aliphatic carbocycles. The molecule has 3 heterocycles. The van der Waals surface area contributed by atoms with Crippen LogP contribution in [0.2, 0.25) is 0 Å². The molecule has 0 radical (unpaired) electrons.